The zero-order chi connectivity index (χ0) is 22.2. The molecule has 0 bridgehead atoms. The van der Waals surface area contributed by atoms with E-state index >= 15 is 0 Å². The first-order valence-corrected chi connectivity index (χ1v) is 11.8. The van der Waals surface area contributed by atoms with E-state index in [-0.39, 0.29) is 27.2 Å². The van der Waals surface area contributed by atoms with Crippen LogP contribution in [0.2, 0.25) is 5.02 Å². The number of carbonyl (C=O) groups is 2. The minimum absolute atomic E-state index is 0.0194. The van der Waals surface area contributed by atoms with Crippen LogP contribution >= 0.6 is 11.6 Å². The lowest BCUT2D eigenvalue weighted by Crippen LogP contribution is -2.36. The molecular weight excluding hydrogens is 440 g/mol. The molecule has 1 aromatic heterocycles. The van der Waals surface area contributed by atoms with Gasteiger partial charge in [0.25, 0.3) is 5.78 Å². The number of sulfonamides is 1. The standard InChI is InChI=1S/C22H21ClN2O5S/c23-16-11-10-13(12-18(16)31(29,30)25-14-6-2-1-3-7-14)20-19(21(26)22(27)28)15-8-4-5-9-17(15)24-20/h4-5,8-12,14,24-25H,1-3,6-7H2,(H,27,28). The summed E-state index contributed by atoms with van der Waals surface area (Å²) >= 11 is 6.23. The summed E-state index contributed by atoms with van der Waals surface area (Å²) in [6, 6.07) is 11.0. The number of halogens is 1. The molecule has 0 unspecified atom stereocenters. The number of Topliss-reactive ketones (excluding diaryl/α,β-unsaturated/α-hetero) is 1. The lowest BCUT2D eigenvalue weighted by molar-refractivity contribution is -0.131. The molecule has 2 aromatic carbocycles. The number of aromatic amines is 1. The second-order valence-electron chi connectivity index (χ2n) is 7.66. The van der Waals surface area contributed by atoms with Crippen LogP contribution in [-0.2, 0) is 14.8 Å². The van der Waals surface area contributed by atoms with Gasteiger partial charge in [0.15, 0.2) is 0 Å². The molecule has 31 heavy (non-hydrogen) atoms. The number of aromatic nitrogens is 1. The second-order valence-corrected chi connectivity index (χ2v) is 9.75. The molecule has 0 radical (unpaired) electrons. The van der Waals surface area contributed by atoms with Gasteiger partial charge in [0, 0.05) is 22.5 Å². The highest BCUT2D eigenvalue weighted by Gasteiger charge is 2.27. The van der Waals surface area contributed by atoms with Gasteiger partial charge in [-0.2, -0.15) is 0 Å². The molecule has 0 atom stereocenters. The number of carbonyl (C=O) groups excluding carboxylic acids is 1. The van der Waals surface area contributed by atoms with E-state index in [9.17, 15) is 23.1 Å². The Morgan fingerprint density at radius 2 is 1.77 bits per heavy atom. The highest BCUT2D eigenvalue weighted by Crippen LogP contribution is 2.34. The van der Waals surface area contributed by atoms with Gasteiger partial charge in [-0.1, -0.05) is 55.1 Å². The first-order chi connectivity index (χ1) is 14.8. The Bertz CT molecular complexity index is 1280. The summed E-state index contributed by atoms with van der Waals surface area (Å²) in [6.07, 6.45) is 4.58. The van der Waals surface area contributed by atoms with Crippen LogP contribution in [0.4, 0.5) is 0 Å². The van der Waals surface area contributed by atoms with Crippen LogP contribution in [0.3, 0.4) is 0 Å². The van der Waals surface area contributed by atoms with Crippen LogP contribution in [0.15, 0.2) is 47.4 Å². The Hall–Kier alpha value is -2.68. The van der Waals surface area contributed by atoms with Crippen molar-refractivity contribution in [1.82, 2.24) is 9.71 Å². The third kappa shape index (κ3) is 4.23. The molecule has 3 aromatic rings. The zero-order valence-corrected chi connectivity index (χ0v) is 18.1. The Labute approximate surface area is 184 Å². The molecule has 0 aliphatic heterocycles. The largest absolute Gasteiger partial charge is 0.475 e. The molecule has 0 spiro atoms. The Balaban J connectivity index is 1.82. The summed E-state index contributed by atoms with van der Waals surface area (Å²) in [4.78, 5) is 26.8. The van der Waals surface area contributed by atoms with Crippen LogP contribution in [0, 0.1) is 0 Å². The number of rotatable bonds is 6. The van der Waals surface area contributed by atoms with Gasteiger partial charge < -0.3 is 10.1 Å². The summed E-state index contributed by atoms with van der Waals surface area (Å²) in [5, 5.41) is 9.80. The van der Waals surface area contributed by atoms with Crippen LogP contribution in [0.25, 0.3) is 22.2 Å². The SMILES string of the molecule is O=C(O)C(=O)c1c(-c2ccc(Cl)c(S(=O)(=O)NC3CCCCC3)c2)[nH]c2ccccc12. The van der Waals surface area contributed by atoms with E-state index in [0.29, 0.717) is 16.5 Å². The van der Waals surface area contributed by atoms with Crippen molar-refractivity contribution >= 4 is 44.3 Å². The van der Waals surface area contributed by atoms with Crippen molar-refractivity contribution in [2.45, 2.75) is 43.0 Å². The fraction of sp³-hybridized carbons (Fsp3) is 0.273. The van der Waals surface area contributed by atoms with Gasteiger partial charge in [-0.05, 0) is 31.0 Å². The zero-order valence-electron chi connectivity index (χ0n) is 16.5. The van der Waals surface area contributed by atoms with Crippen LogP contribution in [0.1, 0.15) is 42.5 Å². The van der Waals surface area contributed by atoms with Crippen molar-refractivity contribution in [3.63, 3.8) is 0 Å². The number of carboxylic acid groups (broad SMARTS) is 1. The summed E-state index contributed by atoms with van der Waals surface area (Å²) < 4.78 is 28.8. The first kappa shape index (κ1) is 21.5. The van der Waals surface area contributed by atoms with Gasteiger partial charge in [-0.15, -0.1) is 0 Å². The van der Waals surface area contributed by atoms with Gasteiger partial charge in [-0.3, -0.25) is 4.79 Å². The minimum Gasteiger partial charge on any atom is -0.475 e. The number of ketones is 1. The number of hydrogen-bond donors (Lipinski definition) is 3. The molecule has 3 N–H and O–H groups in total. The first-order valence-electron chi connectivity index (χ1n) is 9.98. The van der Waals surface area contributed by atoms with Gasteiger partial charge in [0.05, 0.1) is 16.3 Å². The summed E-state index contributed by atoms with van der Waals surface area (Å²) in [5.74, 6) is -2.67. The number of H-pyrrole nitrogens is 1. The Kier molecular flexibility index (Phi) is 5.88. The molecular formula is C22H21ClN2O5S. The lowest BCUT2D eigenvalue weighted by Gasteiger charge is -2.23. The molecule has 1 fully saturated rings. The van der Waals surface area contributed by atoms with Crippen LogP contribution < -0.4 is 4.72 Å². The third-order valence-corrected chi connectivity index (χ3v) is 7.57. The number of nitrogens with one attached hydrogen (secondary N) is 2. The highest BCUT2D eigenvalue weighted by molar-refractivity contribution is 7.89. The van der Waals surface area contributed by atoms with E-state index in [0.717, 1.165) is 32.1 Å². The van der Waals surface area contributed by atoms with Crippen molar-refractivity contribution in [2.75, 3.05) is 0 Å². The van der Waals surface area contributed by atoms with E-state index in [4.69, 9.17) is 11.6 Å². The number of fused-ring (bicyclic) bond motifs is 1. The molecule has 0 amide bonds. The molecule has 1 aliphatic rings. The number of para-hydroxylation sites is 1. The molecule has 1 heterocycles. The third-order valence-electron chi connectivity index (χ3n) is 5.56. The van der Waals surface area contributed by atoms with Crippen molar-refractivity contribution in [1.29, 1.82) is 0 Å². The van der Waals surface area contributed by atoms with E-state index in [1.54, 1.807) is 30.3 Å². The van der Waals surface area contributed by atoms with Crippen molar-refractivity contribution < 1.29 is 23.1 Å². The van der Waals surface area contributed by atoms with Crippen molar-refractivity contribution in [3.8, 4) is 11.3 Å². The second kappa shape index (κ2) is 8.45. The Morgan fingerprint density at radius 3 is 2.48 bits per heavy atom. The maximum atomic E-state index is 13.0. The van der Waals surface area contributed by atoms with Gasteiger partial charge in [0.2, 0.25) is 10.0 Å². The topological polar surface area (TPSA) is 116 Å². The Morgan fingerprint density at radius 1 is 1.06 bits per heavy atom. The van der Waals surface area contributed by atoms with E-state index in [2.05, 4.69) is 9.71 Å². The summed E-state index contributed by atoms with van der Waals surface area (Å²) in [7, 11) is -3.90. The quantitative estimate of drug-likeness (QED) is 0.373. The molecule has 1 saturated carbocycles. The molecule has 0 saturated heterocycles. The fourth-order valence-corrected chi connectivity index (χ4v) is 5.90. The number of benzene rings is 2. The molecule has 7 nitrogen and oxygen atoms in total. The van der Waals surface area contributed by atoms with Crippen molar-refractivity contribution in [2.24, 2.45) is 0 Å². The van der Waals surface area contributed by atoms with Gasteiger partial charge in [0.1, 0.15) is 4.90 Å². The average Bonchev–Trinajstić information content (AvgIpc) is 3.13. The summed E-state index contributed by atoms with van der Waals surface area (Å²) in [5.41, 5.74) is 1.14. The number of carboxylic acids is 1. The summed E-state index contributed by atoms with van der Waals surface area (Å²) in [6.45, 7) is 0. The van der Waals surface area contributed by atoms with Gasteiger partial charge >= 0.3 is 5.97 Å². The molecule has 1 aliphatic carbocycles. The fourth-order valence-electron chi connectivity index (χ4n) is 4.07. The van der Waals surface area contributed by atoms with Crippen LogP contribution in [-0.4, -0.2) is 36.3 Å². The van der Waals surface area contributed by atoms with Crippen molar-refractivity contribution in [3.05, 3.63) is 53.1 Å². The predicted molar refractivity (Wildman–Crippen MR) is 118 cm³/mol. The monoisotopic (exact) mass is 460 g/mol. The average molecular weight is 461 g/mol. The maximum Gasteiger partial charge on any atom is 0.377 e. The number of aliphatic carboxylic acids is 1. The smallest absolute Gasteiger partial charge is 0.377 e. The molecule has 162 valence electrons. The van der Waals surface area contributed by atoms with E-state index in [1.165, 1.54) is 12.1 Å². The minimum atomic E-state index is -3.90. The number of hydrogen-bond acceptors (Lipinski definition) is 4. The lowest BCUT2D eigenvalue weighted by atomic mass is 9.96. The normalized spacial score (nSPS) is 15.3. The van der Waals surface area contributed by atoms with E-state index < -0.39 is 21.8 Å². The van der Waals surface area contributed by atoms with Crippen LogP contribution in [0.5, 0.6) is 0 Å². The maximum absolute atomic E-state index is 13.0. The molecule has 9 heteroatoms. The molecule has 4 rings (SSSR count). The van der Waals surface area contributed by atoms with Gasteiger partial charge in [-0.25, -0.2) is 17.9 Å². The predicted octanol–water partition coefficient (Wildman–Crippen LogP) is 4.37. The highest BCUT2D eigenvalue weighted by atomic mass is 35.5. The van der Waals surface area contributed by atoms with E-state index in [1.807, 2.05) is 0 Å².